The maximum Gasteiger partial charge on any atom is 0.433 e. The lowest BCUT2D eigenvalue weighted by Crippen LogP contribution is -2.65. The summed E-state index contributed by atoms with van der Waals surface area (Å²) in [6.07, 6.45) is -1.06. The number of anilines is 2. The van der Waals surface area contributed by atoms with E-state index in [2.05, 4.69) is 20.2 Å². The van der Waals surface area contributed by atoms with Gasteiger partial charge in [0.15, 0.2) is 5.69 Å². The van der Waals surface area contributed by atoms with Crippen molar-refractivity contribution in [2.24, 2.45) is 5.92 Å². The first kappa shape index (κ1) is 23.0. The van der Waals surface area contributed by atoms with Gasteiger partial charge in [-0.25, -0.2) is 9.37 Å². The highest BCUT2D eigenvalue weighted by molar-refractivity contribution is 5.97. The third kappa shape index (κ3) is 4.26. The number of halogens is 4. The number of piperidine rings is 1. The van der Waals surface area contributed by atoms with E-state index in [4.69, 9.17) is 0 Å². The van der Waals surface area contributed by atoms with Gasteiger partial charge in [0.25, 0.3) is 5.91 Å². The number of carbonyl (C=O) groups is 1. The summed E-state index contributed by atoms with van der Waals surface area (Å²) < 4.78 is 54.3. The van der Waals surface area contributed by atoms with E-state index in [9.17, 15) is 22.4 Å². The van der Waals surface area contributed by atoms with Gasteiger partial charge in [-0.15, -0.1) is 0 Å². The Kier molecular flexibility index (Phi) is 5.56. The van der Waals surface area contributed by atoms with Crippen molar-refractivity contribution < 1.29 is 22.4 Å². The smallest absolute Gasteiger partial charge is 0.351 e. The summed E-state index contributed by atoms with van der Waals surface area (Å²) in [5.74, 6) is -0.486. The van der Waals surface area contributed by atoms with Crippen molar-refractivity contribution in [2.45, 2.75) is 18.6 Å². The first-order valence-electron chi connectivity index (χ1n) is 11.0. The number of hydrogen-bond donors (Lipinski definition) is 0. The number of amides is 1. The standard InChI is InChI=1S/C22H22F4N8O/c1-31(2)21-29-18(22(24,25)26)10-19(30-21)33-11-13-5-8-32(12-17(13)33)20(35)15-4-3-14(23)9-16(15)34-27-6-7-28-34/h3-4,6-7,9-10,13,17H,5,8,11-12H2,1-2H3/t13?,17-/m0/s1. The molecule has 5 rings (SSSR count). The molecule has 0 N–H and O–H groups in total. The van der Waals surface area contributed by atoms with Crippen LogP contribution < -0.4 is 9.80 Å². The minimum absolute atomic E-state index is 0.0373. The highest BCUT2D eigenvalue weighted by Crippen LogP contribution is 2.39. The Hall–Kier alpha value is -3.77. The fraction of sp³-hybridized carbons (Fsp3) is 0.409. The molecule has 0 aliphatic carbocycles. The van der Waals surface area contributed by atoms with Gasteiger partial charge in [0.05, 0.1) is 24.0 Å². The fourth-order valence-electron chi connectivity index (χ4n) is 4.52. The zero-order chi connectivity index (χ0) is 24.9. The Labute approximate surface area is 198 Å². The lowest BCUT2D eigenvalue weighted by atomic mass is 9.82. The first-order valence-corrected chi connectivity index (χ1v) is 11.0. The summed E-state index contributed by atoms with van der Waals surface area (Å²) in [6.45, 7) is 1.33. The van der Waals surface area contributed by atoms with Crippen LogP contribution in [0.1, 0.15) is 22.5 Å². The Morgan fingerprint density at radius 2 is 1.83 bits per heavy atom. The van der Waals surface area contributed by atoms with E-state index < -0.39 is 17.7 Å². The molecule has 2 aliphatic rings. The highest BCUT2D eigenvalue weighted by atomic mass is 19.4. The first-order chi connectivity index (χ1) is 16.6. The van der Waals surface area contributed by atoms with Crippen LogP contribution in [0, 0.1) is 11.7 Å². The van der Waals surface area contributed by atoms with Crippen molar-refractivity contribution in [2.75, 3.05) is 43.5 Å². The van der Waals surface area contributed by atoms with Crippen LogP contribution in [0.25, 0.3) is 5.69 Å². The molecule has 2 saturated heterocycles. The van der Waals surface area contributed by atoms with E-state index in [0.29, 0.717) is 26.1 Å². The molecule has 1 aromatic carbocycles. The summed E-state index contributed by atoms with van der Waals surface area (Å²) in [5, 5.41) is 8.01. The van der Waals surface area contributed by atoms with Crippen LogP contribution in [0.4, 0.5) is 29.3 Å². The normalized spacial score (nSPS) is 19.8. The fourth-order valence-corrected chi connectivity index (χ4v) is 4.52. The molecule has 35 heavy (non-hydrogen) atoms. The average Bonchev–Trinajstić information content (AvgIpc) is 3.33. The Balaban J connectivity index is 1.41. The second-order valence-corrected chi connectivity index (χ2v) is 8.80. The van der Waals surface area contributed by atoms with Gasteiger partial charge in [0.1, 0.15) is 17.3 Å². The lowest BCUT2D eigenvalue weighted by molar-refractivity contribution is -0.141. The van der Waals surface area contributed by atoms with Gasteiger partial charge in [-0.3, -0.25) is 4.79 Å². The monoisotopic (exact) mass is 490 g/mol. The van der Waals surface area contributed by atoms with Crippen LogP contribution in [0.3, 0.4) is 0 Å². The predicted molar refractivity (Wildman–Crippen MR) is 118 cm³/mol. The maximum atomic E-state index is 13.9. The maximum absolute atomic E-state index is 13.9. The molecule has 0 saturated carbocycles. The average molecular weight is 490 g/mol. The third-order valence-electron chi connectivity index (χ3n) is 6.35. The molecule has 1 amide bonds. The molecule has 3 aromatic rings. The predicted octanol–water partition coefficient (Wildman–Crippen LogP) is 2.63. The quantitative estimate of drug-likeness (QED) is 0.520. The summed E-state index contributed by atoms with van der Waals surface area (Å²) in [6, 6.07) is 4.55. The largest absolute Gasteiger partial charge is 0.433 e. The van der Waals surface area contributed by atoms with E-state index >= 15 is 0 Å². The van der Waals surface area contributed by atoms with E-state index in [1.807, 2.05) is 0 Å². The van der Waals surface area contributed by atoms with Crippen molar-refractivity contribution >= 4 is 17.7 Å². The van der Waals surface area contributed by atoms with Crippen molar-refractivity contribution in [3.05, 3.63) is 53.7 Å². The number of alkyl halides is 3. The molecule has 184 valence electrons. The van der Waals surface area contributed by atoms with Gasteiger partial charge in [0, 0.05) is 51.8 Å². The zero-order valence-corrected chi connectivity index (χ0v) is 18.9. The summed E-state index contributed by atoms with van der Waals surface area (Å²) in [4.78, 5) is 27.4. The topological polar surface area (TPSA) is 83.3 Å². The van der Waals surface area contributed by atoms with Crippen molar-refractivity contribution in [3.63, 3.8) is 0 Å². The van der Waals surface area contributed by atoms with Gasteiger partial charge in [-0.1, -0.05) is 0 Å². The molecule has 2 fully saturated rings. The molecule has 0 bridgehead atoms. The zero-order valence-electron chi connectivity index (χ0n) is 18.9. The number of benzene rings is 1. The van der Waals surface area contributed by atoms with Gasteiger partial charge in [0.2, 0.25) is 5.95 Å². The van der Waals surface area contributed by atoms with Crippen LogP contribution in [0.15, 0.2) is 36.7 Å². The molecule has 2 atom stereocenters. The minimum Gasteiger partial charge on any atom is -0.351 e. The molecule has 1 unspecified atom stereocenters. The molecule has 9 nitrogen and oxygen atoms in total. The van der Waals surface area contributed by atoms with Crippen LogP contribution in [-0.4, -0.2) is 75.5 Å². The summed E-state index contributed by atoms with van der Waals surface area (Å²) in [5.41, 5.74) is -0.557. The molecule has 4 heterocycles. The summed E-state index contributed by atoms with van der Waals surface area (Å²) >= 11 is 0. The van der Waals surface area contributed by atoms with Gasteiger partial charge < -0.3 is 14.7 Å². The number of nitrogens with zero attached hydrogens (tertiary/aromatic N) is 8. The molecule has 2 aromatic heterocycles. The van der Waals surface area contributed by atoms with Crippen molar-refractivity contribution in [1.29, 1.82) is 0 Å². The van der Waals surface area contributed by atoms with Gasteiger partial charge in [-0.05, 0) is 18.6 Å². The Morgan fingerprint density at radius 1 is 1.09 bits per heavy atom. The van der Waals surface area contributed by atoms with E-state index in [0.717, 1.165) is 6.07 Å². The Morgan fingerprint density at radius 3 is 2.51 bits per heavy atom. The number of carbonyl (C=O) groups excluding carboxylic acids is 1. The molecule has 0 spiro atoms. The summed E-state index contributed by atoms with van der Waals surface area (Å²) in [7, 11) is 3.15. The number of likely N-dealkylation sites (tertiary alicyclic amines) is 1. The number of rotatable bonds is 4. The molecular formula is C22H22F4N8O. The lowest BCUT2D eigenvalue weighted by Gasteiger charge is -2.54. The van der Waals surface area contributed by atoms with E-state index in [1.54, 1.807) is 23.9 Å². The molecular weight excluding hydrogens is 468 g/mol. The van der Waals surface area contributed by atoms with E-state index in [-0.39, 0.29) is 40.9 Å². The minimum atomic E-state index is -4.61. The number of aromatic nitrogens is 5. The van der Waals surface area contributed by atoms with Gasteiger partial charge in [-0.2, -0.15) is 33.1 Å². The van der Waals surface area contributed by atoms with Crippen LogP contribution in [0.2, 0.25) is 0 Å². The van der Waals surface area contributed by atoms with Gasteiger partial charge >= 0.3 is 6.18 Å². The molecule has 0 radical (unpaired) electrons. The SMILES string of the molecule is CN(C)c1nc(N2CC3CCN(C(=O)c4ccc(F)cc4-n4nccn4)C[C@@H]32)cc(C(F)(F)F)n1. The number of hydrogen-bond acceptors (Lipinski definition) is 7. The second kappa shape index (κ2) is 8.47. The molecule has 2 aliphatic heterocycles. The number of fused-ring (bicyclic) bond motifs is 1. The van der Waals surface area contributed by atoms with Crippen LogP contribution in [0.5, 0.6) is 0 Å². The van der Waals surface area contributed by atoms with E-state index in [1.165, 1.54) is 40.3 Å². The van der Waals surface area contributed by atoms with Crippen molar-refractivity contribution in [3.8, 4) is 5.69 Å². The second-order valence-electron chi connectivity index (χ2n) is 8.80. The van der Waals surface area contributed by atoms with Crippen LogP contribution in [-0.2, 0) is 6.18 Å². The van der Waals surface area contributed by atoms with Crippen LogP contribution >= 0.6 is 0 Å². The van der Waals surface area contributed by atoms with Crippen molar-refractivity contribution in [1.82, 2.24) is 29.9 Å². The highest BCUT2D eigenvalue weighted by Gasteiger charge is 2.45. The Bertz CT molecular complexity index is 1250. The molecule has 13 heteroatoms. The third-order valence-corrected chi connectivity index (χ3v) is 6.35.